The Morgan fingerprint density at radius 3 is 2.65 bits per heavy atom. The number of benzene rings is 2. The highest BCUT2D eigenvalue weighted by atomic mass is 32.2. The third-order valence-corrected chi connectivity index (χ3v) is 4.48. The quantitative estimate of drug-likeness (QED) is 0.653. The molecule has 26 heavy (non-hydrogen) atoms. The molecule has 0 aliphatic rings. The van der Waals surface area contributed by atoms with Crippen LogP contribution in [0.2, 0.25) is 0 Å². The summed E-state index contributed by atoms with van der Waals surface area (Å²) < 4.78 is 0. The average molecular weight is 366 g/mol. The van der Waals surface area contributed by atoms with Crippen LogP contribution in [0.1, 0.15) is 10.4 Å². The molecule has 0 fully saturated rings. The lowest BCUT2D eigenvalue weighted by Crippen LogP contribution is -2.27. The van der Waals surface area contributed by atoms with Crippen LogP contribution in [0.15, 0.2) is 60.2 Å². The molecular formula is C19H18N4O2S. The number of hydrogen-bond donors (Lipinski definition) is 3. The number of rotatable bonds is 7. The van der Waals surface area contributed by atoms with E-state index in [1.807, 2.05) is 30.3 Å². The van der Waals surface area contributed by atoms with Crippen LogP contribution in [0.3, 0.4) is 0 Å². The van der Waals surface area contributed by atoms with Gasteiger partial charge < -0.3 is 16.4 Å². The number of amides is 2. The fourth-order valence-electron chi connectivity index (χ4n) is 2.21. The topological polar surface area (TPSA) is 108 Å². The van der Waals surface area contributed by atoms with Crippen molar-refractivity contribution in [1.82, 2.24) is 5.32 Å². The van der Waals surface area contributed by atoms with E-state index in [0.29, 0.717) is 5.56 Å². The third-order valence-electron chi connectivity index (χ3n) is 3.52. The number of hydrogen-bond acceptors (Lipinski definition) is 5. The molecule has 0 saturated heterocycles. The predicted molar refractivity (Wildman–Crippen MR) is 105 cm³/mol. The zero-order chi connectivity index (χ0) is 18.9. The van der Waals surface area contributed by atoms with Crippen LogP contribution in [0.4, 0.5) is 5.69 Å². The van der Waals surface area contributed by atoms with Gasteiger partial charge in [0.15, 0.2) is 0 Å². The summed E-state index contributed by atoms with van der Waals surface area (Å²) in [5.74, 6) is -0.617. The number of nitriles is 1. The summed E-state index contributed by atoms with van der Waals surface area (Å²) in [4.78, 5) is 23.1. The zero-order valence-corrected chi connectivity index (χ0v) is 14.9. The van der Waals surface area contributed by atoms with Gasteiger partial charge >= 0.3 is 0 Å². The Morgan fingerprint density at radius 2 is 1.96 bits per heavy atom. The first-order valence-electron chi connectivity index (χ1n) is 7.73. The average Bonchev–Trinajstić information content (AvgIpc) is 2.65. The van der Waals surface area contributed by atoms with Crippen LogP contribution in [-0.2, 0) is 4.79 Å². The number of primary amides is 1. The first-order valence-corrected chi connectivity index (χ1v) is 8.68. The lowest BCUT2D eigenvalue weighted by atomic mass is 10.1. The highest BCUT2D eigenvalue weighted by Crippen LogP contribution is 2.21. The van der Waals surface area contributed by atoms with Gasteiger partial charge in [-0.3, -0.25) is 9.59 Å². The highest BCUT2D eigenvalue weighted by molar-refractivity contribution is 8.03. The molecular weight excluding hydrogens is 348 g/mol. The summed E-state index contributed by atoms with van der Waals surface area (Å²) in [7, 11) is 1.56. The third kappa shape index (κ3) is 5.13. The zero-order valence-electron chi connectivity index (χ0n) is 14.1. The van der Waals surface area contributed by atoms with Crippen molar-refractivity contribution >= 4 is 40.0 Å². The Balaban J connectivity index is 2.11. The fraction of sp³-hybridized carbons (Fsp3) is 0.105. The van der Waals surface area contributed by atoms with E-state index >= 15 is 0 Å². The van der Waals surface area contributed by atoms with Gasteiger partial charge in [-0.25, -0.2) is 0 Å². The van der Waals surface area contributed by atoms with Gasteiger partial charge in [0.2, 0.25) is 11.8 Å². The Kier molecular flexibility index (Phi) is 6.83. The minimum atomic E-state index is -0.458. The summed E-state index contributed by atoms with van der Waals surface area (Å²) >= 11 is 1.24. The number of carbonyl (C=O) groups is 2. The molecule has 0 aliphatic heterocycles. The normalized spacial score (nSPS) is 12.2. The van der Waals surface area contributed by atoms with Crippen molar-refractivity contribution in [1.29, 1.82) is 5.26 Å². The second-order valence-corrected chi connectivity index (χ2v) is 6.30. The maximum atomic E-state index is 11.8. The molecule has 1 unspecified atom stereocenters. The van der Waals surface area contributed by atoms with Gasteiger partial charge in [-0.1, -0.05) is 12.1 Å². The van der Waals surface area contributed by atoms with E-state index in [0.717, 1.165) is 16.5 Å². The molecule has 6 nitrogen and oxygen atoms in total. The largest absolute Gasteiger partial charge is 0.366 e. The highest BCUT2D eigenvalue weighted by Gasteiger charge is 2.12. The molecule has 0 saturated carbocycles. The fourth-order valence-corrected chi connectivity index (χ4v) is 2.93. The second-order valence-electron chi connectivity index (χ2n) is 5.25. The van der Waals surface area contributed by atoms with Crippen LogP contribution in [0, 0.1) is 11.3 Å². The summed E-state index contributed by atoms with van der Waals surface area (Å²) in [5.41, 5.74) is 6.60. The van der Waals surface area contributed by atoms with Crippen molar-refractivity contribution in [2.45, 2.75) is 5.25 Å². The molecule has 2 rings (SSSR count). The lowest BCUT2D eigenvalue weighted by molar-refractivity contribution is -0.119. The van der Waals surface area contributed by atoms with Crippen molar-refractivity contribution in [2.24, 2.45) is 5.73 Å². The number of carbonyl (C=O) groups excluding carboxylic acids is 2. The Labute approximate surface area is 155 Å². The van der Waals surface area contributed by atoms with Crippen LogP contribution in [0.25, 0.3) is 10.8 Å². The Bertz CT molecular complexity index is 915. The molecule has 4 N–H and O–H groups in total. The first-order chi connectivity index (χ1) is 12.5. The minimum absolute atomic E-state index is 0.159. The lowest BCUT2D eigenvalue weighted by Gasteiger charge is -2.09. The van der Waals surface area contributed by atoms with Crippen molar-refractivity contribution in [3.63, 3.8) is 0 Å². The van der Waals surface area contributed by atoms with Gasteiger partial charge in [-0.2, -0.15) is 5.26 Å². The van der Waals surface area contributed by atoms with Gasteiger partial charge in [0.1, 0.15) is 5.25 Å². The van der Waals surface area contributed by atoms with Crippen molar-refractivity contribution in [3.05, 3.63) is 65.7 Å². The van der Waals surface area contributed by atoms with E-state index in [4.69, 9.17) is 11.0 Å². The summed E-state index contributed by atoms with van der Waals surface area (Å²) in [5, 5.41) is 17.2. The second kappa shape index (κ2) is 9.30. The summed E-state index contributed by atoms with van der Waals surface area (Å²) in [6, 6.07) is 12.8. The van der Waals surface area contributed by atoms with E-state index < -0.39 is 11.2 Å². The van der Waals surface area contributed by atoms with Gasteiger partial charge in [-0.05, 0) is 52.7 Å². The van der Waals surface area contributed by atoms with Gasteiger partial charge in [-0.15, -0.1) is 11.8 Å². The molecule has 132 valence electrons. The van der Waals surface area contributed by atoms with Crippen LogP contribution in [-0.4, -0.2) is 24.1 Å². The molecule has 0 heterocycles. The maximum absolute atomic E-state index is 11.8. The van der Waals surface area contributed by atoms with E-state index in [1.54, 1.807) is 36.9 Å². The molecule has 0 radical (unpaired) electrons. The molecule has 2 amide bonds. The molecule has 2 aromatic carbocycles. The Morgan fingerprint density at radius 1 is 1.23 bits per heavy atom. The Hall–Kier alpha value is -3.24. The number of nitrogens with zero attached hydrogens (tertiary/aromatic N) is 1. The maximum Gasteiger partial charge on any atom is 0.248 e. The molecule has 0 bridgehead atoms. The smallest absolute Gasteiger partial charge is 0.248 e. The van der Waals surface area contributed by atoms with Crippen LogP contribution >= 0.6 is 11.8 Å². The number of fused-ring (bicyclic) bond motifs is 1. The summed E-state index contributed by atoms with van der Waals surface area (Å²) in [6.45, 7) is 0. The van der Waals surface area contributed by atoms with E-state index in [2.05, 4.69) is 10.6 Å². The van der Waals surface area contributed by atoms with Crippen molar-refractivity contribution in [2.75, 3.05) is 12.4 Å². The van der Waals surface area contributed by atoms with E-state index in [1.165, 1.54) is 17.8 Å². The van der Waals surface area contributed by atoms with Gasteiger partial charge in [0.25, 0.3) is 0 Å². The van der Waals surface area contributed by atoms with Crippen molar-refractivity contribution in [3.8, 4) is 6.07 Å². The number of allylic oxidation sites excluding steroid dienone is 1. The number of nitrogens with two attached hydrogens (primary N) is 1. The van der Waals surface area contributed by atoms with Gasteiger partial charge in [0.05, 0.1) is 6.07 Å². The standard InChI is InChI=1S/C19H18N4O2S/c1-22-19(25)17(26-10-2-8-20)7-9-23-16-6-5-13-11-15(18(21)24)4-3-14(13)12-16/h2-7,9-12,17,23H,1H3,(H2,21,24)(H,22,25)/b9-7?,10-2+. The number of anilines is 1. The molecule has 7 heteroatoms. The minimum Gasteiger partial charge on any atom is -0.366 e. The van der Waals surface area contributed by atoms with Crippen molar-refractivity contribution < 1.29 is 9.59 Å². The van der Waals surface area contributed by atoms with E-state index in [-0.39, 0.29) is 5.91 Å². The van der Waals surface area contributed by atoms with E-state index in [9.17, 15) is 9.59 Å². The van der Waals surface area contributed by atoms with Gasteiger partial charge in [0, 0.05) is 24.4 Å². The molecule has 0 aromatic heterocycles. The monoisotopic (exact) mass is 366 g/mol. The molecule has 2 aromatic rings. The van der Waals surface area contributed by atoms with Crippen LogP contribution in [0.5, 0.6) is 0 Å². The number of nitrogens with one attached hydrogen (secondary N) is 2. The first kappa shape index (κ1) is 19.1. The summed E-state index contributed by atoms with van der Waals surface area (Å²) in [6.07, 6.45) is 4.73. The van der Waals surface area contributed by atoms with Crippen LogP contribution < -0.4 is 16.4 Å². The molecule has 1 atom stereocenters. The SMILES string of the molecule is CNC(=O)C(C=CNc1ccc2cc(C(N)=O)ccc2c1)S/C=C/C#N. The number of thioether (sulfide) groups is 1. The molecule has 0 aliphatic carbocycles. The molecule has 0 spiro atoms. The predicted octanol–water partition coefficient (Wildman–Crippen LogP) is 2.75.